The number of likely N-dealkylation sites (N-methyl/N-ethyl adjacent to an activating group) is 1. The molecule has 0 spiro atoms. The van der Waals surface area contributed by atoms with Crippen LogP contribution in [0.25, 0.3) is 16.8 Å². The number of nitrogens with zero attached hydrogens (tertiary/aromatic N) is 5. The SMILES string of the molecule is CN1CCN(c2ccc(Nc3ncc4ccc(-c5cccc(S(=O)(=O)NC(C)(C)C)c5)n4n3)cc2Cl)CC1. The van der Waals surface area contributed by atoms with E-state index in [9.17, 15) is 8.42 Å². The van der Waals surface area contributed by atoms with Crippen molar-refractivity contribution in [1.82, 2.24) is 24.2 Å². The summed E-state index contributed by atoms with van der Waals surface area (Å²) in [6.45, 7) is 9.33. The van der Waals surface area contributed by atoms with Crippen molar-refractivity contribution < 1.29 is 8.42 Å². The molecule has 38 heavy (non-hydrogen) atoms. The van der Waals surface area contributed by atoms with Gasteiger partial charge in [0, 0.05) is 43.0 Å². The van der Waals surface area contributed by atoms with Crippen LogP contribution in [-0.4, -0.2) is 66.7 Å². The van der Waals surface area contributed by atoms with Gasteiger partial charge >= 0.3 is 0 Å². The minimum Gasteiger partial charge on any atom is -0.368 e. The first-order valence-electron chi connectivity index (χ1n) is 12.5. The van der Waals surface area contributed by atoms with Gasteiger partial charge in [-0.05, 0) is 70.3 Å². The van der Waals surface area contributed by atoms with E-state index >= 15 is 0 Å². The number of fused-ring (bicyclic) bond motifs is 1. The molecule has 2 aromatic carbocycles. The standard InChI is InChI=1S/C27H32ClN7O2S/c1-27(2,3)32-38(36,37)22-7-5-6-19(16-22)24-11-9-21-18-29-26(31-35(21)24)30-20-8-10-25(23(28)17-20)34-14-12-33(4)13-15-34/h5-11,16-18,32H,12-15H2,1-4H3,(H,30,31). The summed E-state index contributed by atoms with van der Waals surface area (Å²) >= 11 is 6.64. The summed E-state index contributed by atoms with van der Waals surface area (Å²) in [7, 11) is -1.55. The Morgan fingerprint density at radius 1 is 0.974 bits per heavy atom. The van der Waals surface area contributed by atoms with Crippen molar-refractivity contribution in [2.45, 2.75) is 31.2 Å². The van der Waals surface area contributed by atoms with Gasteiger partial charge in [-0.2, -0.15) is 0 Å². The second kappa shape index (κ2) is 10.2. The molecular formula is C27H32ClN7O2S. The van der Waals surface area contributed by atoms with Gasteiger partial charge in [0.1, 0.15) is 0 Å². The molecular weight excluding hydrogens is 522 g/mol. The quantitative estimate of drug-likeness (QED) is 0.360. The Hall–Kier alpha value is -3.18. The molecule has 0 radical (unpaired) electrons. The molecule has 0 aliphatic carbocycles. The first-order valence-corrected chi connectivity index (χ1v) is 14.3. The van der Waals surface area contributed by atoms with Crippen LogP contribution in [0.5, 0.6) is 0 Å². The van der Waals surface area contributed by atoms with Crippen molar-refractivity contribution in [2.24, 2.45) is 0 Å². The maximum absolute atomic E-state index is 12.9. The zero-order chi connectivity index (χ0) is 27.1. The molecule has 0 amide bonds. The third-order valence-electron chi connectivity index (χ3n) is 6.33. The van der Waals surface area contributed by atoms with E-state index in [1.54, 1.807) is 28.9 Å². The maximum Gasteiger partial charge on any atom is 0.245 e. The van der Waals surface area contributed by atoms with Crippen LogP contribution in [0.1, 0.15) is 20.8 Å². The zero-order valence-corrected chi connectivity index (χ0v) is 23.5. The number of sulfonamides is 1. The number of hydrogen-bond donors (Lipinski definition) is 2. The molecule has 5 rings (SSSR count). The predicted octanol–water partition coefficient (Wildman–Crippen LogP) is 4.62. The number of halogens is 1. The fourth-order valence-corrected chi connectivity index (χ4v) is 6.24. The van der Waals surface area contributed by atoms with Gasteiger partial charge in [0.2, 0.25) is 16.0 Å². The van der Waals surface area contributed by atoms with E-state index in [2.05, 4.69) is 37.0 Å². The number of hydrogen-bond acceptors (Lipinski definition) is 7. The van der Waals surface area contributed by atoms with E-state index in [4.69, 9.17) is 11.6 Å². The van der Waals surface area contributed by atoms with Crippen molar-refractivity contribution in [2.75, 3.05) is 43.4 Å². The minimum absolute atomic E-state index is 0.197. The summed E-state index contributed by atoms with van der Waals surface area (Å²) in [6.07, 6.45) is 1.72. The van der Waals surface area contributed by atoms with Crippen molar-refractivity contribution in [3.63, 3.8) is 0 Å². The smallest absolute Gasteiger partial charge is 0.245 e. The number of nitrogens with one attached hydrogen (secondary N) is 2. The Morgan fingerprint density at radius 3 is 2.45 bits per heavy atom. The molecule has 2 aromatic heterocycles. The van der Waals surface area contributed by atoms with E-state index < -0.39 is 15.6 Å². The van der Waals surface area contributed by atoms with Crippen LogP contribution in [0.3, 0.4) is 0 Å². The highest BCUT2D eigenvalue weighted by Crippen LogP contribution is 2.31. The van der Waals surface area contributed by atoms with Crippen LogP contribution < -0.4 is 14.9 Å². The Labute approximate surface area is 228 Å². The average Bonchev–Trinajstić information content (AvgIpc) is 3.27. The molecule has 0 saturated carbocycles. The first kappa shape index (κ1) is 26.4. The number of aromatic nitrogens is 3. The van der Waals surface area contributed by atoms with Gasteiger partial charge in [-0.1, -0.05) is 23.7 Å². The van der Waals surface area contributed by atoms with Crippen molar-refractivity contribution >= 4 is 44.5 Å². The summed E-state index contributed by atoms with van der Waals surface area (Å²) in [5.74, 6) is 0.400. The normalized spacial score (nSPS) is 15.2. The molecule has 9 nitrogen and oxygen atoms in total. The van der Waals surface area contributed by atoms with Crippen molar-refractivity contribution in [3.8, 4) is 11.3 Å². The molecule has 11 heteroatoms. The minimum atomic E-state index is -3.68. The first-order chi connectivity index (χ1) is 18.0. The second-order valence-electron chi connectivity index (χ2n) is 10.6. The lowest BCUT2D eigenvalue weighted by atomic mass is 10.1. The third kappa shape index (κ3) is 5.78. The highest BCUT2D eigenvalue weighted by molar-refractivity contribution is 7.89. The molecule has 1 saturated heterocycles. The van der Waals surface area contributed by atoms with Crippen LogP contribution >= 0.6 is 11.6 Å². The Balaban J connectivity index is 1.41. The Bertz CT molecular complexity index is 1570. The molecule has 0 unspecified atom stereocenters. The van der Waals surface area contributed by atoms with Crippen LogP contribution in [0, 0.1) is 0 Å². The summed E-state index contributed by atoms with van der Waals surface area (Å²) in [5, 5.41) is 8.59. The highest BCUT2D eigenvalue weighted by atomic mass is 35.5. The average molecular weight is 554 g/mol. The monoisotopic (exact) mass is 553 g/mol. The lowest BCUT2D eigenvalue weighted by Crippen LogP contribution is -2.44. The Kier molecular flexibility index (Phi) is 7.08. The lowest BCUT2D eigenvalue weighted by Gasteiger charge is -2.34. The van der Waals surface area contributed by atoms with Crippen LogP contribution in [0.15, 0.2) is 65.7 Å². The lowest BCUT2D eigenvalue weighted by molar-refractivity contribution is 0.313. The van der Waals surface area contributed by atoms with E-state index in [1.807, 2.05) is 57.2 Å². The molecule has 1 aliphatic rings. The zero-order valence-electron chi connectivity index (χ0n) is 21.9. The summed E-state index contributed by atoms with van der Waals surface area (Å²) in [6, 6.07) is 16.5. The molecule has 3 heterocycles. The maximum atomic E-state index is 12.9. The Morgan fingerprint density at radius 2 is 1.74 bits per heavy atom. The van der Waals surface area contributed by atoms with Crippen molar-refractivity contribution in [1.29, 1.82) is 0 Å². The van der Waals surface area contributed by atoms with Gasteiger partial charge in [-0.25, -0.2) is 22.6 Å². The van der Waals surface area contributed by atoms with Gasteiger partial charge in [0.05, 0.1) is 33.0 Å². The molecule has 4 aromatic rings. The molecule has 1 fully saturated rings. The summed E-state index contributed by atoms with van der Waals surface area (Å²) < 4.78 is 30.2. The predicted molar refractivity (Wildman–Crippen MR) is 153 cm³/mol. The van der Waals surface area contributed by atoms with Crippen LogP contribution in [0.4, 0.5) is 17.3 Å². The topological polar surface area (TPSA) is 94.9 Å². The molecule has 1 aliphatic heterocycles. The molecule has 2 N–H and O–H groups in total. The van der Waals surface area contributed by atoms with Gasteiger partial charge in [0.15, 0.2) is 0 Å². The molecule has 0 bridgehead atoms. The largest absolute Gasteiger partial charge is 0.368 e. The van der Waals surface area contributed by atoms with Crippen LogP contribution in [0.2, 0.25) is 5.02 Å². The molecule has 200 valence electrons. The van der Waals surface area contributed by atoms with Gasteiger partial charge < -0.3 is 15.1 Å². The third-order valence-corrected chi connectivity index (χ3v) is 8.39. The van der Waals surface area contributed by atoms with E-state index in [0.717, 1.165) is 54.3 Å². The summed E-state index contributed by atoms with van der Waals surface area (Å²) in [4.78, 5) is 9.25. The highest BCUT2D eigenvalue weighted by Gasteiger charge is 2.23. The summed E-state index contributed by atoms with van der Waals surface area (Å²) in [5.41, 5.74) is 3.48. The van der Waals surface area contributed by atoms with E-state index in [0.29, 0.717) is 11.0 Å². The number of benzene rings is 2. The number of rotatable bonds is 6. The second-order valence-corrected chi connectivity index (χ2v) is 12.7. The fraction of sp³-hybridized carbons (Fsp3) is 0.333. The number of anilines is 3. The van der Waals surface area contributed by atoms with E-state index in [1.165, 1.54) is 0 Å². The fourth-order valence-electron chi connectivity index (χ4n) is 4.48. The van der Waals surface area contributed by atoms with Gasteiger partial charge in [0.25, 0.3) is 0 Å². The van der Waals surface area contributed by atoms with Crippen molar-refractivity contribution in [3.05, 3.63) is 65.8 Å². The van der Waals surface area contributed by atoms with E-state index in [-0.39, 0.29) is 4.90 Å². The molecule has 0 atom stereocenters. The number of piperazine rings is 1. The van der Waals surface area contributed by atoms with Gasteiger partial charge in [-0.3, -0.25) is 0 Å². The van der Waals surface area contributed by atoms with Gasteiger partial charge in [-0.15, -0.1) is 5.10 Å². The van der Waals surface area contributed by atoms with Crippen LogP contribution in [-0.2, 0) is 10.0 Å².